The van der Waals surface area contributed by atoms with E-state index in [4.69, 9.17) is 4.74 Å². The Kier molecular flexibility index (Phi) is 7.43. The fourth-order valence-corrected chi connectivity index (χ4v) is 5.18. The summed E-state index contributed by atoms with van der Waals surface area (Å²) in [5.74, 6) is -1.00. The maximum absolute atomic E-state index is 12.7. The number of ether oxygens (including phenoxy) is 1. The van der Waals surface area contributed by atoms with Crippen molar-refractivity contribution in [1.29, 1.82) is 0 Å². The van der Waals surface area contributed by atoms with E-state index in [0.29, 0.717) is 25.3 Å². The van der Waals surface area contributed by atoms with E-state index in [0.717, 1.165) is 24.0 Å². The fraction of sp³-hybridized carbons (Fsp3) is 0.464. The molecule has 7 nitrogen and oxygen atoms in total. The van der Waals surface area contributed by atoms with Gasteiger partial charge in [-0.2, -0.15) is 0 Å². The molecule has 2 amide bonds. The molecule has 0 heterocycles. The molecule has 0 aliphatic heterocycles. The monoisotopic (exact) mass is 478 g/mol. The molecule has 0 radical (unpaired) electrons. The number of carboxylic acid groups (broad SMARTS) is 1. The highest BCUT2D eigenvalue weighted by atomic mass is 16.5. The first-order valence-corrected chi connectivity index (χ1v) is 12.5. The van der Waals surface area contributed by atoms with Crippen molar-refractivity contribution in [3.8, 4) is 11.1 Å². The second kappa shape index (κ2) is 10.5. The van der Waals surface area contributed by atoms with Crippen LogP contribution in [0.3, 0.4) is 0 Å². The second-order valence-corrected chi connectivity index (χ2v) is 9.65. The molecule has 2 aromatic rings. The summed E-state index contributed by atoms with van der Waals surface area (Å²) in [4.78, 5) is 37.0. The molecular weight excluding hydrogens is 444 g/mol. The number of amides is 2. The van der Waals surface area contributed by atoms with Gasteiger partial charge in [-0.05, 0) is 59.8 Å². The largest absolute Gasteiger partial charge is 0.480 e. The average molecular weight is 479 g/mol. The van der Waals surface area contributed by atoms with E-state index in [9.17, 15) is 19.5 Å². The van der Waals surface area contributed by atoms with Gasteiger partial charge in [0.1, 0.15) is 12.1 Å². The molecule has 2 aliphatic rings. The molecule has 0 saturated heterocycles. The first-order chi connectivity index (χ1) is 16.9. The zero-order chi connectivity index (χ0) is 25.0. The van der Waals surface area contributed by atoms with Crippen molar-refractivity contribution in [1.82, 2.24) is 10.6 Å². The van der Waals surface area contributed by atoms with Crippen molar-refractivity contribution in [3.05, 3.63) is 59.7 Å². The van der Waals surface area contributed by atoms with E-state index in [2.05, 4.69) is 34.9 Å². The van der Waals surface area contributed by atoms with Gasteiger partial charge in [0.25, 0.3) is 0 Å². The topological polar surface area (TPSA) is 105 Å². The molecule has 1 atom stereocenters. The third-order valence-corrected chi connectivity index (χ3v) is 7.58. The molecule has 186 valence electrons. The number of carbonyl (C=O) groups is 3. The van der Waals surface area contributed by atoms with Crippen LogP contribution in [0.15, 0.2) is 48.5 Å². The second-order valence-electron chi connectivity index (χ2n) is 9.65. The maximum Gasteiger partial charge on any atom is 0.407 e. The van der Waals surface area contributed by atoms with Gasteiger partial charge in [-0.1, -0.05) is 62.4 Å². The molecule has 0 spiro atoms. The Bertz CT molecular complexity index is 1040. The van der Waals surface area contributed by atoms with E-state index >= 15 is 0 Å². The van der Waals surface area contributed by atoms with Gasteiger partial charge in [-0.15, -0.1) is 0 Å². The zero-order valence-electron chi connectivity index (χ0n) is 20.4. The molecule has 1 fully saturated rings. The Morgan fingerprint density at radius 3 is 2.09 bits per heavy atom. The SMILES string of the molecule is CCC(CC)(NC(=O)CC(CNC(=O)OCC1c2ccccc2-c2ccccc21)C1CC1)C(=O)O. The Hall–Kier alpha value is -3.35. The number of hydrogen-bond donors (Lipinski definition) is 3. The molecule has 0 bridgehead atoms. The van der Waals surface area contributed by atoms with Gasteiger partial charge < -0.3 is 20.5 Å². The van der Waals surface area contributed by atoms with Gasteiger partial charge in [0.15, 0.2) is 0 Å². The van der Waals surface area contributed by atoms with E-state index in [-0.39, 0.29) is 30.8 Å². The minimum Gasteiger partial charge on any atom is -0.480 e. The number of hydrogen-bond acceptors (Lipinski definition) is 4. The van der Waals surface area contributed by atoms with Crippen LogP contribution in [-0.4, -0.2) is 41.8 Å². The van der Waals surface area contributed by atoms with Crippen molar-refractivity contribution in [2.45, 2.75) is 57.4 Å². The van der Waals surface area contributed by atoms with Crippen molar-refractivity contribution in [2.24, 2.45) is 11.8 Å². The van der Waals surface area contributed by atoms with Crippen LogP contribution in [0.1, 0.15) is 63.0 Å². The minimum absolute atomic E-state index is 0.00890. The molecule has 7 heteroatoms. The van der Waals surface area contributed by atoms with Crippen LogP contribution in [-0.2, 0) is 14.3 Å². The van der Waals surface area contributed by atoms with Gasteiger partial charge in [0.05, 0.1) is 0 Å². The number of rotatable bonds is 11. The van der Waals surface area contributed by atoms with Crippen LogP contribution >= 0.6 is 0 Å². The van der Waals surface area contributed by atoms with Crippen molar-refractivity contribution in [2.75, 3.05) is 13.2 Å². The van der Waals surface area contributed by atoms with Crippen LogP contribution in [0.2, 0.25) is 0 Å². The number of alkyl carbamates (subject to hydrolysis) is 1. The molecule has 3 N–H and O–H groups in total. The lowest BCUT2D eigenvalue weighted by atomic mass is 9.91. The lowest BCUT2D eigenvalue weighted by Crippen LogP contribution is -2.54. The zero-order valence-corrected chi connectivity index (χ0v) is 20.4. The summed E-state index contributed by atoms with van der Waals surface area (Å²) in [5, 5.41) is 15.2. The van der Waals surface area contributed by atoms with Gasteiger partial charge in [-0.3, -0.25) is 4.79 Å². The first kappa shape index (κ1) is 24.8. The van der Waals surface area contributed by atoms with Crippen LogP contribution in [0.4, 0.5) is 4.79 Å². The molecule has 35 heavy (non-hydrogen) atoms. The summed E-state index contributed by atoms with van der Waals surface area (Å²) >= 11 is 0. The first-order valence-electron chi connectivity index (χ1n) is 12.5. The Balaban J connectivity index is 1.31. The molecule has 1 unspecified atom stereocenters. The number of aliphatic carboxylic acids is 1. The standard InChI is InChI=1S/C28H34N2O5/c1-3-28(4-2,26(32)33)30-25(31)15-19(18-13-14-18)16-29-27(34)35-17-24-22-11-7-5-9-20(22)21-10-6-8-12-23(21)24/h5-12,18-19,24H,3-4,13-17H2,1-2H3,(H,29,34)(H,30,31)(H,32,33). The van der Waals surface area contributed by atoms with Crippen molar-refractivity contribution < 1.29 is 24.2 Å². The summed E-state index contributed by atoms with van der Waals surface area (Å²) < 4.78 is 5.61. The van der Waals surface area contributed by atoms with Gasteiger partial charge in [-0.25, -0.2) is 9.59 Å². The van der Waals surface area contributed by atoms with Gasteiger partial charge in [0, 0.05) is 18.9 Å². The normalized spacial score (nSPS) is 15.6. The predicted octanol–water partition coefficient (Wildman–Crippen LogP) is 4.70. The van der Waals surface area contributed by atoms with Crippen LogP contribution in [0.5, 0.6) is 0 Å². The highest BCUT2D eigenvalue weighted by molar-refractivity contribution is 5.87. The maximum atomic E-state index is 12.7. The Morgan fingerprint density at radius 1 is 1.00 bits per heavy atom. The Labute approximate surface area is 206 Å². The van der Waals surface area contributed by atoms with Gasteiger partial charge in [0.2, 0.25) is 5.91 Å². The highest BCUT2D eigenvalue weighted by Crippen LogP contribution is 2.44. The third kappa shape index (κ3) is 5.34. The molecular formula is C28H34N2O5. The lowest BCUT2D eigenvalue weighted by molar-refractivity contribution is -0.148. The molecule has 1 saturated carbocycles. The van der Waals surface area contributed by atoms with Gasteiger partial charge >= 0.3 is 12.1 Å². The van der Waals surface area contributed by atoms with Crippen LogP contribution in [0.25, 0.3) is 11.1 Å². The summed E-state index contributed by atoms with van der Waals surface area (Å²) in [6, 6.07) is 16.4. The Morgan fingerprint density at radius 2 is 1.57 bits per heavy atom. The minimum atomic E-state index is -1.24. The van der Waals surface area contributed by atoms with Crippen LogP contribution < -0.4 is 10.6 Å². The van der Waals surface area contributed by atoms with E-state index in [1.807, 2.05) is 24.3 Å². The average Bonchev–Trinajstić information content (AvgIpc) is 3.66. The number of fused-ring (bicyclic) bond motifs is 3. The molecule has 4 rings (SSSR count). The lowest BCUT2D eigenvalue weighted by Gasteiger charge is -2.29. The molecule has 2 aliphatic carbocycles. The van der Waals surface area contributed by atoms with E-state index in [1.54, 1.807) is 13.8 Å². The van der Waals surface area contributed by atoms with Crippen molar-refractivity contribution >= 4 is 18.0 Å². The highest BCUT2D eigenvalue weighted by Gasteiger charge is 2.39. The smallest absolute Gasteiger partial charge is 0.407 e. The number of nitrogens with one attached hydrogen (secondary N) is 2. The summed E-state index contributed by atoms with van der Waals surface area (Å²) in [7, 11) is 0. The van der Waals surface area contributed by atoms with Crippen molar-refractivity contribution in [3.63, 3.8) is 0 Å². The molecule has 2 aromatic carbocycles. The fourth-order valence-electron chi connectivity index (χ4n) is 5.18. The molecule has 0 aromatic heterocycles. The number of benzene rings is 2. The van der Waals surface area contributed by atoms with E-state index < -0.39 is 17.6 Å². The number of carbonyl (C=O) groups excluding carboxylic acids is 2. The van der Waals surface area contributed by atoms with E-state index in [1.165, 1.54) is 11.1 Å². The predicted molar refractivity (Wildman–Crippen MR) is 133 cm³/mol. The quantitative estimate of drug-likeness (QED) is 0.434. The summed E-state index contributed by atoms with van der Waals surface area (Å²) in [6.45, 7) is 4.08. The summed E-state index contributed by atoms with van der Waals surface area (Å²) in [6.07, 6.45) is 2.34. The summed E-state index contributed by atoms with van der Waals surface area (Å²) in [5.41, 5.74) is 3.42. The van der Waals surface area contributed by atoms with Crippen LogP contribution in [0, 0.1) is 11.8 Å². The third-order valence-electron chi connectivity index (χ3n) is 7.58. The number of carboxylic acids is 1.